The molecule has 0 aliphatic heterocycles. The maximum Gasteiger partial charge on any atom is 0.341 e. The van der Waals surface area contributed by atoms with E-state index in [4.69, 9.17) is 4.74 Å². The Labute approximate surface area is 189 Å². The first kappa shape index (κ1) is 24.9. The summed E-state index contributed by atoms with van der Waals surface area (Å²) in [7, 11) is -3.83. The number of sulfonamides is 1. The van der Waals surface area contributed by atoms with E-state index in [1.54, 1.807) is 6.92 Å². The zero-order valence-corrected chi connectivity index (χ0v) is 18.8. The first-order valence-electron chi connectivity index (χ1n) is 9.24. The van der Waals surface area contributed by atoms with Crippen LogP contribution in [0.5, 0.6) is 0 Å². The number of thiophene rings is 1. The monoisotopic (exact) mass is 479 g/mol. The minimum atomic E-state index is -3.83. The van der Waals surface area contributed by atoms with E-state index in [2.05, 4.69) is 18.5 Å². The third-order valence-corrected chi connectivity index (χ3v) is 6.89. The molecule has 1 heterocycles. The standard InChI is InChI=1S/C20H21N3O7S2/c1-4-11-22(12-5-2)32(28,29)15-9-7-14(8-10-15)18(24)21-19-16(20(25)30-6-3)13-17(31-19)23(26)27/h4-5,7-10,13H,1-2,6,11-12H2,3H3,(H,21,24). The predicted octanol–water partition coefficient (Wildman–Crippen LogP) is 3.45. The fourth-order valence-corrected chi connectivity index (χ4v) is 4.82. The fourth-order valence-electron chi connectivity index (χ4n) is 2.58. The van der Waals surface area contributed by atoms with Gasteiger partial charge in [0.15, 0.2) is 0 Å². The normalized spacial score (nSPS) is 11.1. The number of nitrogens with one attached hydrogen (secondary N) is 1. The van der Waals surface area contributed by atoms with Gasteiger partial charge in [-0.25, -0.2) is 13.2 Å². The zero-order chi connectivity index (χ0) is 23.9. The Morgan fingerprint density at radius 1 is 1.22 bits per heavy atom. The summed E-state index contributed by atoms with van der Waals surface area (Å²) in [5.74, 6) is -1.48. The molecular weight excluding hydrogens is 458 g/mol. The lowest BCUT2D eigenvalue weighted by molar-refractivity contribution is -0.380. The molecule has 2 aromatic rings. The van der Waals surface area contributed by atoms with Crippen molar-refractivity contribution >= 4 is 43.2 Å². The van der Waals surface area contributed by atoms with Crippen molar-refractivity contribution in [2.24, 2.45) is 0 Å². The van der Waals surface area contributed by atoms with Crippen LogP contribution < -0.4 is 5.32 Å². The van der Waals surface area contributed by atoms with E-state index in [1.807, 2.05) is 0 Å². The third-order valence-electron chi connectivity index (χ3n) is 4.04. The molecule has 0 aliphatic carbocycles. The first-order valence-corrected chi connectivity index (χ1v) is 11.5. The Morgan fingerprint density at radius 2 is 1.81 bits per heavy atom. The first-order chi connectivity index (χ1) is 15.1. The largest absolute Gasteiger partial charge is 0.462 e. The molecule has 10 nitrogen and oxygen atoms in total. The van der Waals surface area contributed by atoms with Gasteiger partial charge in [0.05, 0.1) is 16.4 Å². The van der Waals surface area contributed by atoms with Crippen LogP contribution in [0.15, 0.2) is 60.5 Å². The van der Waals surface area contributed by atoms with Crippen molar-refractivity contribution in [1.29, 1.82) is 0 Å². The molecule has 1 amide bonds. The number of carbonyl (C=O) groups is 2. The van der Waals surface area contributed by atoms with E-state index in [0.717, 1.165) is 6.07 Å². The van der Waals surface area contributed by atoms with E-state index in [1.165, 1.54) is 40.7 Å². The summed E-state index contributed by atoms with van der Waals surface area (Å²) in [5.41, 5.74) is -0.0469. The van der Waals surface area contributed by atoms with Gasteiger partial charge in [-0.1, -0.05) is 12.2 Å². The van der Waals surface area contributed by atoms with Crippen molar-refractivity contribution in [2.45, 2.75) is 11.8 Å². The molecule has 0 bridgehead atoms. The summed E-state index contributed by atoms with van der Waals surface area (Å²) in [6, 6.07) is 6.17. The van der Waals surface area contributed by atoms with Crippen LogP contribution in [0.2, 0.25) is 0 Å². The van der Waals surface area contributed by atoms with Crippen LogP contribution in [0, 0.1) is 10.1 Å². The van der Waals surface area contributed by atoms with Gasteiger partial charge < -0.3 is 10.1 Å². The van der Waals surface area contributed by atoms with Crippen LogP contribution in [-0.4, -0.2) is 49.2 Å². The number of rotatable bonds is 11. The number of nitrogens with zero attached hydrogens (tertiary/aromatic N) is 2. The van der Waals surface area contributed by atoms with E-state index < -0.39 is 26.8 Å². The molecule has 0 spiro atoms. The minimum Gasteiger partial charge on any atom is -0.462 e. The molecule has 170 valence electrons. The lowest BCUT2D eigenvalue weighted by Gasteiger charge is -2.19. The van der Waals surface area contributed by atoms with E-state index in [9.17, 15) is 28.1 Å². The zero-order valence-electron chi connectivity index (χ0n) is 17.1. The maximum atomic E-state index is 12.7. The molecule has 0 radical (unpaired) electrons. The Morgan fingerprint density at radius 3 is 2.31 bits per heavy atom. The predicted molar refractivity (Wildman–Crippen MR) is 120 cm³/mol. The Bertz CT molecular complexity index is 1130. The highest BCUT2D eigenvalue weighted by Gasteiger charge is 2.25. The summed E-state index contributed by atoms with van der Waals surface area (Å²) >= 11 is 0.614. The smallest absolute Gasteiger partial charge is 0.341 e. The van der Waals surface area contributed by atoms with Gasteiger partial charge in [0, 0.05) is 24.7 Å². The van der Waals surface area contributed by atoms with Crippen molar-refractivity contribution < 1.29 is 27.7 Å². The van der Waals surface area contributed by atoms with Gasteiger partial charge in [0.1, 0.15) is 10.6 Å². The molecule has 2 rings (SSSR count). The average Bonchev–Trinajstić information content (AvgIpc) is 3.18. The van der Waals surface area contributed by atoms with E-state index in [-0.39, 0.29) is 45.7 Å². The number of carbonyl (C=O) groups excluding carboxylic acids is 2. The van der Waals surface area contributed by atoms with Gasteiger partial charge >= 0.3 is 11.0 Å². The van der Waals surface area contributed by atoms with Gasteiger partial charge in [-0.2, -0.15) is 4.31 Å². The van der Waals surface area contributed by atoms with Crippen molar-refractivity contribution in [3.05, 3.63) is 76.9 Å². The maximum absolute atomic E-state index is 12.7. The van der Waals surface area contributed by atoms with E-state index in [0.29, 0.717) is 11.3 Å². The van der Waals surface area contributed by atoms with Crippen LogP contribution >= 0.6 is 11.3 Å². The molecule has 0 saturated carbocycles. The van der Waals surface area contributed by atoms with Gasteiger partial charge in [0.25, 0.3) is 5.91 Å². The molecule has 1 aromatic carbocycles. The lowest BCUT2D eigenvalue weighted by atomic mass is 10.2. The molecule has 0 unspecified atom stereocenters. The molecular formula is C20H21N3O7S2. The number of benzene rings is 1. The number of nitro groups is 1. The van der Waals surface area contributed by atoms with Crippen LogP contribution in [0.1, 0.15) is 27.6 Å². The van der Waals surface area contributed by atoms with Crippen LogP contribution in [0.3, 0.4) is 0 Å². The van der Waals surface area contributed by atoms with Crippen molar-refractivity contribution in [1.82, 2.24) is 4.31 Å². The van der Waals surface area contributed by atoms with Gasteiger partial charge in [0.2, 0.25) is 10.0 Å². The number of amides is 1. The molecule has 0 atom stereocenters. The summed E-state index contributed by atoms with van der Waals surface area (Å²) in [6.45, 7) is 8.90. The highest BCUT2D eigenvalue weighted by molar-refractivity contribution is 7.89. The average molecular weight is 480 g/mol. The molecule has 1 aromatic heterocycles. The van der Waals surface area contributed by atoms with Crippen molar-refractivity contribution in [3.63, 3.8) is 0 Å². The Hall–Kier alpha value is -3.35. The number of hydrogen-bond acceptors (Lipinski definition) is 8. The molecule has 1 N–H and O–H groups in total. The van der Waals surface area contributed by atoms with Crippen LogP contribution in [0.4, 0.5) is 10.0 Å². The van der Waals surface area contributed by atoms with Crippen LogP contribution in [-0.2, 0) is 14.8 Å². The second kappa shape index (κ2) is 10.8. The number of ether oxygens (including phenoxy) is 1. The number of esters is 1. The second-order valence-corrected chi connectivity index (χ2v) is 9.15. The number of anilines is 1. The van der Waals surface area contributed by atoms with E-state index >= 15 is 0 Å². The molecule has 12 heteroatoms. The minimum absolute atomic E-state index is 0.0308. The molecule has 0 saturated heterocycles. The second-order valence-electron chi connectivity index (χ2n) is 6.18. The van der Waals surface area contributed by atoms with Gasteiger partial charge in [-0.05, 0) is 42.5 Å². The Kier molecular flexibility index (Phi) is 8.41. The quantitative estimate of drug-likeness (QED) is 0.226. The van der Waals surface area contributed by atoms with Crippen molar-refractivity contribution in [3.8, 4) is 0 Å². The van der Waals surface area contributed by atoms with Gasteiger partial charge in [-0.3, -0.25) is 14.9 Å². The summed E-state index contributed by atoms with van der Waals surface area (Å²) < 4.78 is 31.5. The van der Waals surface area contributed by atoms with Crippen LogP contribution in [0.25, 0.3) is 0 Å². The SMILES string of the molecule is C=CCN(CC=C)S(=O)(=O)c1ccc(C(=O)Nc2sc([N+](=O)[O-])cc2C(=O)OCC)cc1. The Balaban J connectivity index is 2.29. The molecule has 0 fully saturated rings. The molecule has 0 aliphatic rings. The lowest BCUT2D eigenvalue weighted by Crippen LogP contribution is -2.31. The summed E-state index contributed by atoms with van der Waals surface area (Å²) in [4.78, 5) is 35.0. The van der Waals surface area contributed by atoms with Gasteiger partial charge in [-0.15, -0.1) is 13.2 Å². The topological polar surface area (TPSA) is 136 Å². The summed E-state index contributed by atoms with van der Waals surface area (Å²) in [6.07, 6.45) is 2.90. The summed E-state index contributed by atoms with van der Waals surface area (Å²) in [5, 5.41) is 13.1. The molecule has 32 heavy (non-hydrogen) atoms. The third kappa shape index (κ3) is 5.66. The number of hydrogen-bond donors (Lipinski definition) is 1. The highest BCUT2D eigenvalue weighted by atomic mass is 32.2. The van der Waals surface area contributed by atoms with Crippen molar-refractivity contribution in [2.75, 3.05) is 25.0 Å². The highest BCUT2D eigenvalue weighted by Crippen LogP contribution is 2.34. The fraction of sp³-hybridized carbons (Fsp3) is 0.200.